The van der Waals surface area contributed by atoms with E-state index < -0.39 is 0 Å². The lowest BCUT2D eigenvalue weighted by atomic mass is 9.68. The predicted molar refractivity (Wildman–Crippen MR) is 344 cm³/mol. The second-order valence-corrected chi connectivity index (χ2v) is 28.0. The Morgan fingerprint density at radius 1 is 0.358 bits per heavy atom. The molecule has 5 nitrogen and oxygen atoms in total. The highest BCUT2D eigenvalue weighted by Crippen LogP contribution is 2.53. The molecule has 0 bridgehead atoms. The van der Waals surface area contributed by atoms with Crippen molar-refractivity contribution in [2.75, 3.05) is 16.5 Å². The number of fused-ring (bicyclic) bond motifs is 4. The summed E-state index contributed by atoms with van der Waals surface area (Å²) in [7, 11) is 0. The zero-order valence-corrected chi connectivity index (χ0v) is 50.9. The predicted octanol–water partition coefficient (Wildman–Crippen LogP) is 20.7. The number of pyridine rings is 1. The molecule has 0 radical (unpaired) electrons. The third-order valence-corrected chi connectivity index (χ3v) is 17.3. The van der Waals surface area contributed by atoms with Crippen LogP contribution in [-0.2, 0) is 32.5 Å². The minimum absolute atomic E-state index is 0.0129. The molecule has 0 saturated heterocycles. The van der Waals surface area contributed by atoms with E-state index in [1.54, 1.807) is 0 Å². The molecule has 0 N–H and O–H groups in total. The van der Waals surface area contributed by atoms with Crippen LogP contribution in [0.15, 0.2) is 194 Å². The Hall–Kier alpha value is -7.89. The Kier molecular flexibility index (Phi) is 13.6. The standard InChI is InChI=1S/C76H82N4O/c1-71(2,3)54-32-35-66-63(43-54)62-34-33-60(46-67(62)80(66)70-44-55(36-37-77-70)72(4,5)6)81-61-42-57(74(10,11)12)41-59(45-61)79-49-78(58-39-51(50-26-20-17-21-27-50)38-56(40-58)73(7,8)9)68-47-64(75(13,14)52-28-22-18-23-29-52)65(48-69(68)79)76(15,16)53-30-24-19-25-31-53/h17-48H,49H2,1-16H3. The van der Waals surface area contributed by atoms with Gasteiger partial charge in [0.05, 0.1) is 22.4 Å². The lowest BCUT2D eigenvalue weighted by molar-refractivity contribution is 0.479. The summed E-state index contributed by atoms with van der Waals surface area (Å²) in [5, 5.41) is 2.37. The molecule has 8 aromatic carbocycles. The number of aromatic nitrogens is 2. The van der Waals surface area contributed by atoms with Crippen molar-refractivity contribution in [3.63, 3.8) is 0 Å². The van der Waals surface area contributed by atoms with Crippen LogP contribution in [0.1, 0.15) is 155 Å². The molecule has 0 amide bonds. The van der Waals surface area contributed by atoms with Gasteiger partial charge < -0.3 is 14.5 Å². The van der Waals surface area contributed by atoms with Crippen LogP contribution in [0.4, 0.5) is 22.7 Å². The van der Waals surface area contributed by atoms with Crippen molar-refractivity contribution in [3.8, 4) is 28.4 Å². The van der Waals surface area contributed by atoms with Crippen molar-refractivity contribution in [1.82, 2.24) is 9.55 Å². The Morgan fingerprint density at radius 3 is 1.41 bits per heavy atom. The van der Waals surface area contributed by atoms with E-state index in [9.17, 15) is 0 Å². The topological polar surface area (TPSA) is 33.5 Å². The Balaban J connectivity index is 1.12. The molecule has 11 rings (SSSR count). The monoisotopic (exact) mass is 1070 g/mol. The van der Waals surface area contributed by atoms with E-state index >= 15 is 0 Å². The molecular formula is C76H82N4O. The highest BCUT2D eigenvalue weighted by atomic mass is 16.5. The maximum atomic E-state index is 7.26. The molecule has 2 aromatic heterocycles. The first-order chi connectivity index (χ1) is 38.2. The molecule has 5 heteroatoms. The Morgan fingerprint density at radius 2 is 0.864 bits per heavy atom. The number of hydrogen-bond acceptors (Lipinski definition) is 4. The molecule has 0 fully saturated rings. The van der Waals surface area contributed by atoms with E-state index in [0.717, 1.165) is 45.4 Å². The van der Waals surface area contributed by atoms with Gasteiger partial charge in [-0.3, -0.25) is 4.57 Å². The van der Waals surface area contributed by atoms with E-state index in [4.69, 9.17) is 9.72 Å². The van der Waals surface area contributed by atoms with Crippen molar-refractivity contribution >= 4 is 44.6 Å². The first-order valence-electron chi connectivity index (χ1n) is 29.1. The summed E-state index contributed by atoms with van der Waals surface area (Å²) in [6.07, 6.45) is 1.95. The van der Waals surface area contributed by atoms with Gasteiger partial charge in [0.2, 0.25) is 0 Å². The van der Waals surface area contributed by atoms with E-state index in [1.165, 1.54) is 72.1 Å². The number of ether oxygens (including phenoxy) is 1. The maximum absolute atomic E-state index is 7.26. The van der Waals surface area contributed by atoms with Gasteiger partial charge in [-0.05, 0) is 150 Å². The van der Waals surface area contributed by atoms with Crippen molar-refractivity contribution in [3.05, 3.63) is 239 Å². The second kappa shape index (κ2) is 20.0. The van der Waals surface area contributed by atoms with Crippen LogP contribution in [0.5, 0.6) is 11.5 Å². The van der Waals surface area contributed by atoms with E-state index in [1.807, 2.05) is 6.20 Å². The van der Waals surface area contributed by atoms with Crippen LogP contribution in [0, 0.1) is 0 Å². The SMILES string of the molecule is CC(C)(C)c1cc(Oc2ccc3c4cc(C(C)(C)C)ccc4n(-c4cc(C(C)(C)C)ccn4)c3c2)cc(N2CN(c3cc(-c4ccccc4)cc(C(C)(C)C)c3)c3cc(C(C)(C)c4ccccc4)c(C(C)(C)c4ccccc4)cc32)c1. The summed E-state index contributed by atoms with van der Waals surface area (Å²) in [4.78, 5) is 10.1. The highest BCUT2D eigenvalue weighted by Gasteiger charge is 2.39. The molecule has 1 aliphatic rings. The third-order valence-electron chi connectivity index (χ3n) is 17.3. The third kappa shape index (κ3) is 10.5. The normalized spacial score (nSPS) is 13.6. The van der Waals surface area contributed by atoms with Gasteiger partial charge in [-0.25, -0.2) is 4.98 Å². The fourth-order valence-electron chi connectivity index (χ4n) is 11.9. The first-order valence-corrected chi connectivity index (χ1v) is 29.1. The Labute approximate surface area is 483 Å². The largest absolute Gasteiger partial charge is 0.457 e. The molecule has 412 valence electrons. The smallest absolute Gasteiger partial charge is 0.137 e. The molecule has 0 spiro atoms. The molecule has 0 unspecified atom stereocenters. The lowest BCUT2D eigenvalue weighted by Crippen LogP contribution is -2.28. The molecule has 81 heavy (non-hydrogen) atoms. The molecule has 10 aromatic rings. The second-order valence-electron chi connectivity index (χ2n) is 28.0. The number of hydrogen-bond donors (Lipinski definition) is 0. The number of nitrogens with zero attached hydrogens (tertiary/aromatic N) is 4. The van der Waals surface area contributed by atoms with Crippen LogP contribution in [-0.4, -0.2) is 16.2 Å². The van der Waals surface area contributed by atoms with Gasteiger partial charge >= 0.3 is 0 Å². The average molecular weight is 1070 g/mol. The molecule has 3 heterocycles. The summed E-state index contributed by atoms with van der Waals surface area (Å²) in [5.41, 5.74) is 18.3. The number of anilines is 4. The van der Waals surface area contributed by atoms with Crippen LogP contribution >= 0.6 is 0 Å². The highest BCUT2D eigenvalue weighted by molar-refractivity contribution is 6.10. The van der Waals surface area contributed by atoms with Gasteiger partial charge in [0, 0.05) is 51.3 Å². The van der Waals surface area contributed by atoms with Crippen LogP contribution in [0.3, 0.4) is 0 Å². The van der Waals surface area contributed by atoms with E-state index in [2.05, 4.69) is 313 Å². The van der Waals surface area contributed by atoms with Gasteiger partial charge in [-0.15, -0.1) is 0 Å². The quantitative estimate of drug-likeness (QED) is 0.137. The minimum Gasteiger partial charge on any atom is -0.457 e. The van der Waals surface area contributed by atoms with E-state index in [0.29, 0.717) is 6.67 Å². The lowest BCUT2D eigenvalue weighted by Gasteiger charge is -2.37. The average Bonchev–Trinajstić information content (AvgIpc) is 3.95. The van der Waals surface area contributed by atoms with E-state index in [-0.39, 0.29) is 32.5 Å². The molecule has 0 aliphatic carbocycles. The summed E-state index contributed by atoms with van der Waals surface area (Å²) in [6.45, 7) is 37.7. The van der Waals surface area contributed by atoms with Crippen LogP contribution in [0.25, 0.3) is 38.8 Å². The van der Waals surface area contributed by atoms with Crippen molar-refractivity contribution in [1.29, 1.82) is 0 Å². The maximum Gasteiger partial charge on any atom is 0.137 e. The van der Waals surface area contributed by atoms with Gasteiger partial charge in [0.15, 0.2) is 0 Å². The summed E-state index contributed by atoms with van der Waals surface area (Å²) in [6, 6.07) is 70.0. The summed E-state index contributed by atoms with van der Waals surface area (Å²) in [5.74, 6) is 2.45. The van der Waals surface area contributed by atoms with Crippen molar-refractivity contribution in [2.24, 2.45) is 0 Å². The number of rotatable bonds is 10. The molecule has 1 aliphatic heterocycles. The van der Waals surface area contributed by atoms with Gasteiger partial charge in [-0.2, -0.15) is 0 Å². The van der Waals surface area contributed by atoms with Gasteiger partial charge in [0.1, 0.15) is 24.0 Å². The van der Waals surface area contributed by atoms with Crippen LogP contribution < -0.4 is 14.5 Å². The fourth-order valence-corrected chi connectivity index (χ4v) is 11.9. The van der Waals surface area contributed by atoms with Crippen LogP contribution in [0.2, 0.25) is 0 Å². The summed E-state index contributed by atoms with van der Waals surface area (Å²) < 4.78 is 9.58. The minimum atomic E-state index is -0.357. The molecular weight excluding hydrogens is 985 g/mol. The summed E-state index contributed by atoms with van der Waals surface area (Å²) >= 11 is 0. The number of benzene rings is 8. The first kappa shape index (κ1) is 55.0. The zero-order chi connectivity index (χ0) is 57.6. The zero-order valence-electron chi connectivity index (χ0n) is 50.9. The van der Waals surface area contributed by atoms with Gasteiger partial charge in [-0.1, -0.05) is 214 Å². The molecule has 0 atom stereocenters. The Bertz CT molecular complexity index is 3970. The fraction of sp³-hybridized carbons (Fsp3) is 0.303. The molecule has 0 saturated carbocycles. The van der Waals surface area contributed by atoms with Crippen molar-refractivity contribution in [2.45, 2.75) is 143 Å². The van der Waals surface area contributed by atoms with Crippen molar-refractivity contribution < 1.29 is 4.74 Å². The van der Waals surface area contributed by atoms with Gasteiger partial charge in [0.25, 0.3) is 0 Å².